The fraction of sp³-hybridized carbons (Fsp3) is 0.125. The summed E-state index contributed by atoms with van der Waals surface area (Å²) in [6, 6.07) is 19.6. The third-order valence-electron chi connectivity index (χ3n) is 4.24. The molecule has 0 aliphatic rings. The van der Waals surface area contributed by atoms with Gasteiger partial charge in [0.15, 0.2) is 11.5 Å². The summed E-state index contributed by atoms with van der Waals surface area (Å²) in [5.41, 5.74) is 4.28. The highest BCUT2D eigenvalue weighted by Gasteiger charge is 2.13. The van der Waals surface area contributed by atoms with Crippen LogP contribution in [0.1, 0.15) is 18.1 Å². The summed E-state index contributed by atoms with van der Waals surface area (Å²) in [6.45, 7) is 2.71. The van der Waals surface area contributed by atoms with Crippen LogP contribution in [0.4, 0.5) is 5.69 Å². The van der Waals surface area contributed by atoms with Crippen LogP contribution in [0, 0.1) is 0 Å². The van der Waals surface area contributed by atoms with Crippen molar-refractivity contribution >= 4 is 51.2 Å². The van der Waals surface area contributed by atoms with Crippen LogP contribution >= 0.6 is 27.5 Å². The second-order valence-corrected chi connectivity index (χ2v) is 8.07. The van der Waals surface area contributed by atoms with E-state index < -0.39 is 11.8 Å². The van der Waals surface area contributed by atoms with Crippen molar-refractivity contribution in [3.05, 3.63) is 87.4 Å². The number of nitrogens with zero attached hydrogens (tertiary/aromatic N) is 1. The van der Waals surface area contributed by atoms with E-state index in [1.165, 1.54) is 12.3 Å². The number of rotatable bonds is 8. The Morgan fingerprint density at radius 2 is 1.79 bits per heavy atom. The standard InChI is InChI=1S/C24H21BrClN3O4/c1-2-32-22-12-17(8-11-21(22)33-15-16-6-9-18(25)10-7-16)14-27-29-24(31)23(30)28-20-5-3-4-19(26)13-20/h3-14H,2,15H2,1H3,(H,28,30)(H,29,31)/b27-14+. The van der Waals surface area contributed by atoms with Crippen LogP contribution in [-0.4, -0.2) is 24.6 Å². The summed E-state index contributed by atoms with van der Waals surface area (Å²) in [5.74, 6) is -0.641. The van der Waals surface area contributed by atoms with Crippen LogP contribution in [0.25, 0.3) is 0 Å². The molecule has 7 nitrogen and oxygen atoms in total. The molecule has 0 heterocycles. The third kappa shape index (κ3) is 7.62. The zero-order chi connectivity index (χ0) is 23.6. The highest BCUT2D eigenvalue weighted by molar-refractivity contribution is 9.10. The molecule has 0 saturated heterocycles. The van der Waals surface area contributed by atoms with Gasteiger partial charge in [0.2, 0.25) is 0 Å². The van der Waals surface area contributed by atoms with Crippen molar-refractivity contribution in [3.8, 4) is 11.5 Å². The van der Waals surface area contributed by atoms with Crippen molar-refractivity contribution in [2.24, 2.45) is 5.10 Å². The monoisotopic (exact) mass is 529 g/mol. The number of halogens is 2. The average molecular weight is 531 g/mol. The molecular weight excluding hydrogens is 510 g/mol. The molecule has 0 spiro atoms. The molecule has 0 radical (unpaired) electrons. The van der Waals surface area contributed by atoms with Gasteiger partial charge in [0.05, 0.1) is 12.8 Å². The van der Waals surface area contributed by atoms with Gasteiger partial charge in [-0.3, -0.25) is 9.59 Å². The van der Waals surface area contributed by atoms with E-state index in [-0.39, 0.29) is 0 Å². The van der Waals surface area contributed by atoms with E-state index in [1.54, 1.807) is 36.4 Å². The average Bonchev–Trinajstić information content (AvgIpc) is 2.80. The number of benzene rings is 3. The van der Waals surface area contributed by atoms with Gasteiger partial charge in [0, 0.05) is 15.2 Å². The molecule has 9 heteroatoms. The molecule has 33 heavy (non-hydrogen) atoms. The van der Waals surface area contributed by atoms with E-state index in [1.807, 2.05) is 31.2 Å². The Kier molecular flexibility index (Phi) is 8.86. The maximum absolute atomic E-state index is 12.0. The second-order valence-electron chi connectivity index (χ2n) is 6.72. The summed E-state index contributed by atoms with van der Waals surface area (Å²) < 4.78 is 12.6. The van der Waals surface area contributed by atoms with Crippen molar-refractivity contribution in [3.63, 3.8) is 0 Å². The number of nitrogens with one attached hydrogen (secondary N) is 2. The van der Waals surface area contributed by atoms with Gasteiger partial charge in [-0.15, -0.1) is 0 Å². The number of hydrazone groups is 1. The van der Waals surface area contributed by atoms with Gasteiger partial charge in [0.25, 0.3) is 0 Å². The largest absolute Gasteiger partial charge is 0.490 e. The highest BCUT2D eigenvalue weighted by Crippen LogP contribution is 2.29. The highest BCUT2D eigenvalue weighted by atomic mass is 79.9. The van der Waals surface area contributed by atoms with Crippen LogP contribution in [0.15, 0.2) is 76.3 Å². The summed E-state index contributed by atoms with van der Waals surface area (Å²) in [7, 11) is 0. The first-order valence-electron chi connectivity index (χ1n) is 9.98. The number of anilines is 1. The Labute approximate surface area is 204 Å². The van der Waals surface area contributed by atoms with Gasteiger partial charge in [-0.25, -0.2) is 5.43 Å². The van der Waals surface area contributed by atoms with Crippen molar-refractivity contribution in [2.75, 3.05) is 11.9 Å². The van der Waals surface area contributed by atoms with Gasteiger partial charge in [0.1, 0.15) is 6.61 Å². The zero-order valence-electron chi connectivity index (χ0n) is 17.7. The zero-order valence-corrected chi connectivity index (χ0v) is 20.0. The molecule has 3 aromatic rings. The molecule has 0 fully saturated rings. The molecule has 0 atom stereocenters. The Morgan fingerprint density at radius 1 is 1.00 bits per heavy atom. The lowest BCUT2D eigenvalue weighted by molar-refractivity contribution is -0.136. The first kappa shape index (κ1) is 24.3. The Bertz CT molecular complexity index is 1150. The van der Waals surface area contributed by atoms with Crippen LogP contribution < -0.4 is 20.2 Å². The van der Waals surface area contributed by atoms with Crippen LogP contribution in [0.2, 0.25) is 5.02 Å². The topological polar surface area (TPSA) is 89.0 Å². The maximum Gasteiger partial charge on any atom is 0.329 e. The van der Waals surface area contributed by atoms with Crippen molar-refractivity contribution in [1.82, 2.24) is 5.43 Å². The molecule has 2 amide bonds. The summed E-state index contributed by atoms with van der Waals surface area (Å²) in [5, 5.41) is 6.73. The van der Waals surface area contributed by atoms with E-state index in [2.05, 4.69) is 31.8 Å². The van der Waals surface area contributed by atoms with Crippen LogP contribution in [0.3, 0.4) is 0 Å². The third-order valence-corrected chi connectivity index (χ3v) is 5.01. The quantitative estimate of drug-likeness (QED) is 0.239. The molecule has 2 N–H and O–H groups in total. The Morgan fingerprint density at radius 3 is 2.52 bits per heavy atom. The molecule has 0 aliphatic heterocycles. The normalized spacial score (nSPS) is 10.6. The fourth-order valence-electron chi connectivity index (χ4n) is 2.70. The molecule has 0 unspecified atom stereocenters. The van der Waals surface area contributed by atoms with Gasteiger partial charge in [-0.1, -0.05) is 45.7 Å². The lowest BCUT2D eigenvalue weighted by Gasteiger charge is -2.12. The predicted octanol–water partition coefficient (Wildman–Crippen LogP) is 5.17. The van der Waals surface area contributed by atoms with Crippen molar-refractivity contribution in [2.45, 2.75) is 13.5 Å². The Hall–Kier alpha value is -3.36. The van der Waals surface area contributed by atoms with Gasteiger partial charge >= 0.3 is 11.8 Å². The maximum atomic E-state index is 12.0. The Balaban J connectivity index is 1.59. The van der Waals surface area contributed by atoms with Crippen molar-refractivity contribution in [1.29, 1.82) is 0 Å². The second kappa shape index (κ2) is 12.0. The number of amides is 2. The van der Waals surface area contributed by atoms with E-state index in [0.29, 0.717) is 41.0 Å². The minimum atomic E-state index is -0.911. The number of hydrogen-bond donors (Lipinski definition) is 2. The number of carbonyl (C=O) groups is 2. The SMILES string of the molecule is CCOc1cc(/C=N/NC(=O)C(=O)Nc2cccc(Cl)c2)ccc1OCc1ccc(Br)cc1. The van der Waals surface area contributed by atoms with Crippen LogP contribution in [0.5, 0.6) is 11.5 Å². The van der Waals surface area contributed by atoms with E-state index in [4.69, 9.17) is 21.1 Å². The van der Waals surface area contributed by atoms with Crippen molar-refractivity contribution < 1.29 is 19.1 Å². The summed E-state index contributed by atoms with van der Waals surface area (Å²) in [4.78, 5) is 23.9. The first-order valence-corrected chi connectivity index (χ1v) is 11.2. The van der Waals surface area contributed by atoms with Gasteiger partial charge < -0.3 is 14.8 Å². The molecule has 0 saturated carbocycles. The number of hydrogen-bond acceptors (Lipinski definition) is 5. The van der Waals surface area contributed by atoms with E-state index >= 15 is 0 Å². The smallest absolute Gasteiger partial charge is 0.329 e. The molecule has 170 valence electrons. The van der Waals surface area contributed by atoms with Crippen LogP contribution in [-0.2, 0) is 16.2 Å². The molecule has 3 rings (SSSR count). The minimum Gasteiger partial charge on any atom is -0.490 e. The summed E-state index contributed by atoms with van der Waals surface area (Å²) >= 11 is 9.28. The predicted molar refractivity (Wildman–Crippen MR) is 132 cm³/mol. The fourth-order valence-corrected chi connectivity index (χ4v) is 3.16. The lowest BCUT2D eigenvalue weighted by Crippen LogP contribution is -2.32. The summed E-state index contributed by atoms with van der Waals surface area (Å²) in [6.07, 6.45) is 1.41. The van der Waals surface area contributed by atoms with Gasteiger partial charge in [-0.05, 0) is 66.6 Å². The molecular formula is C24H21BrClN3O4. The molecule has 0 aromatic heterocycles. The first-order chi connectivity index (χ1) is 15.9. The molecule has 3 aromatic carbocycles. The number of carbonyl (C=O) groups excluding carboxylic acids is 2. The van der Waals surface area contributed by atoms with E-state index in [0.717, 1.165) is 10.0 Å². The minimum absolute atomic E-state index is 0.387. The van der Waals surface area contributed by atoms with E-state index in [9.17, 15) is 9.59 Å². The molecule has 0 aliphatic carbocycles. The number of ether oxygens (including phenoxy) is 2. The lowest BCUT2D eigenvalue weighted by atomic mass is 10.2. The van der Waals surface area contributed by atoms with Gasteiger partial charge in [-0.2, -0.15) is 5.10 Å². The molecule has 0 bridgehead atoms.